The van der Waals surface area contributed by atoms with E-state index >= 15 is 0 Å². The molecule has 6 heteroatoms. The number of aromatic amines is 2. The van der Waals surface area contributed by atoms with Crippen molar-refractivity contribution in [3.63, 3.8) is 0 Å². The molecule has 2 N–H and O–H groups in total. The molecule has 0 bridgehead atoms. The van der Waals surface area contributed by atoms with Gasteiger partial charge in [0, 0.05) is 36.3 Å². The summed E-state index contributed by atoms with van der Waals surface area (Å²) < 4.78 is 5.66. The lowest BCUT2D eigenvalue weighted by molar-refractivity contribution is -0.0142. The van der Waals surface area contributed by atoms with Gasteiger partial charge in [0.1, 0.15) is 5.82 Å². The minimum Gasteiger partial charge on any atom is -0.378 e. The van der Waals surface area contributed by atoms with Gasteiger partial charge >= 0.3 is 0 Å². The Balaban J connectivity index is 1.67. The first-order valence-corrected chi connectivity index (χ1v) is 8.15. The number of H-pyrrole nitrogens is 2. The van der Waals surface area contributed by atoms with Crippen molar-refractivity contribution >= 4 is 10.9 Å². The highest BCUT2D eigenvalue weighted by Gasteiger charge is 2.26. The maximum atomic E-state index is 11.8. The maximum Gasteiger partial charge on any atom is 0.251 e. The van der Waals surface area contributed by atoms with Crippen molar-refractivity contribution in [2.45, 2.75) is 19.5 Å². The van der Waals surface area contributed by atoms with Gasteiger partial charge in [-0.25, -0.2) is 4.98 Å². The molecule has 1 unspecified atom stereocenters. The van der Waals surface area contributed by atoms with Crippen molar-refractivity contribution in [3.05, 3.63) is 64.0 Å². The largest absolute Gasteiger partial charge is 0.378 e. The smallest absolute Gasteiger partial charge is 0.251 e. The molecule has 2 aromatic heterocycles. The lowest BCUT2D eigenvalue weighted by Crippen LogP contribution is -2.40. The van der Waals surface area contributed by atoms with E-state index in [4.69, 9.17) is 4.74 Å². The molecule has 0 amide bonds. The highest BCUT2D eigenvalue weighted by Crippen LogP contribution is 2.26. The second kappa shape index (κ2) is 6.22. The van der Waals surface area contributed by atoms with Crippen LogP contribution in [0.15, 0.2) is 41.3 Å². The summed E-state index contributed by atoms with van der Waals surface area (Å²) in [5.74, 6) is 0.635. The Morgan fingerprint density at radius 3 is 3.17 bits per heavy atom. The van der Waals surface area contributed by atoms with Crippen LogP contribution in [0.25, 0.3) is 10.9 Å². The standard InChI is InChI=1S/C18H20N4O2/c1-12-20-16(9-18(23)21-12)17-11-24-8-7-22(17)10-13-3-2-4-15-14(13)5-6-19-15/h2-6,9,17,19H,7-8,10-11H2,1H3,(H,20,21,23). The van der Waals surface area contributed by atoms with E-state index in [1.165, 1.54) is 10.9 Å². The summed E-state index contributed by atoms with van der Waals surface area (Å²) in [6, 6.07) is 9.98. The van der Waals surface area contributed by atoms with Gasteiger partial charge in [0.25, 0.3) is 5.56 Å². The van der Waals surface area contributed by atoms with E-state index in [1.807, 2.05) is 6.20 Å². The average molecular weight is 324 g/mol. The predicted octanol–water partition coefficient (Wildman–Crippen LogP) is 2.13. The Hall–Kier alpha value is -2.44. The van der Waals surface area contributed by atoms with Crippen LogP contribution in [0.1, 0.15) is 23.1 Å². The van der Waals surface area contributed by atoms with E-state index in [2.05, 4.69) is 44.1 Å². The van der Waals surface area contributed by atoms with Gasteiger partial charge in [-0.15, -0.1) is 0 Å². The number of aryl methyl sites for hydroxylation is 1. The van der Waals surface area contributed by atoms with Gasteiger partial charge in [-0.1, -0.05) is 12.1 Å². The lowest BCUT2D eigenvalue weighted by Gasteiger charge is -2.35. The summed E-state index contributed by atoms with van der Waals surface area (Å²) in [6.45, 7) is 4.68. The predicted molar refractivity (Wildman–Crippen MR) is 91.9 cm³/mol. The highest BCUT2D eigenvalue weighted by molar-refractivity contribution is 5.82. The van der Waals surface area contributed by atoms with Crippen molar-refractivity contribution < 1.29 is 4.74 Å². The molecule has 4 rings (SSSR count). The van der Waals surface area contributed by atoms with E-state index in [0.717, 1.165) is 24.3 Å². The van der Waals surface area contributed by atoms with Gasteiger partial charge in [-0.05, 0) is 24.6 Å². The molecule has 1 fully saturated rings. The van der Waals surface area contributed by atoms with Crippen LogP contribution >= 0.6 is 0 Å². The minimum atomic E-state index is -0.115. The summed E-state index contributed by atoms with van der Waals surface area (Å²) in [7, 11) is 0. The van der Waals surface area contributed by atoms with Crippen LogP contribution in [0.3, 0.4) is 0 Å². The summed E-state index contributed by atoms with van der Waals surface area (Å²) >= 11 is 0. The number of nitrogens with zero attached hydrogens (tertiary/aromatic N) is 2. The number of hydrogen-bond donors (Lipinski definition) is 2. The Bertz CT molecular complexity index is 915. The maximum absolute atomic E-state index is 11.8. The molecule has 124 valence electrons. The molecule has 3 aromatic rings. The second-order valence-corrected chi connectivity index (χ2v) is 6.17. The van der Waals surface area contributed by atoms with Crippen LogP contribution in [0.4, 0.5) is 0 Å². The molecule has 1 aromatic carbocycles. The SMILES string of the molecule is Cc1nc(C2COCCN2Cc2cccc3[nH]ccc23)cc(=O)[nH]1. The number of nitrogens with one attached hydrogen (secondary N) is 2. The first-order valence-electron chi connectivity index (χ1n) is 8.15. The van der Waals surface area contributed by atoms with Crippen LogP contribution < -0.4 is 5.56 Å². The van der Waals surface area contributed by atoms with Crippen LogP contribution in [0, 0.1) is 6.92 Å². The van der Waals surface area contributed by atoms with Crippen LogP contribution in [0.2, 0.25) is 0 Å². The lowest BCUT2D eigenvalue weighted by atomic mass is 10.1. The number of ether oxygens (including phenoxy) is 1. The van der Waals surface area contributed by atoms with Gasteiger partial charge in [0.05, 0.1) is 24.9 Å². The molecular weight excluding hydrogens is 304 g/mol. The van der Waals surface area contributed by atoms with E-state index in [1.54, 1.807) is 13.0 Å². The van der Waals surface area contributed by atoms with Crippen molar-refractivity contribution in [3.8, 4) is 0 Å². The second-order valence-electron chi connectivity index (χ2n) is 6.17. The molecule has 0 spiro atoms. The van der Waals surface area contributed by atoms with E-state index in [9.17, 15) is 4.79 Å². The van der Waals surface area contributed by atoms with Crippen LogP contribution in [-0.2, 0) is 11.3 Å². The zero-order valence-electron chi connectivity index (χ0n) is 13.6. The Labute approximate surface area is 139 Å². The molecule has 1 aliphatic heterocycles. The molecule has 1 atom stereocenters. The fraction of sp³-hybridized carbons (Fsp3) is 0.333. The molecular formula is C18H20N4O2. The third-order valence-electron chi connectivity index (χ3n) is 4.52. The normalized spacial score (nSPS) is 19.0. The molecule has 3 heterocycles. The molecule has 24 heavy (non-hydrogen) atoms. The van der Waals surface area contributed by atoms with Crippen molar-refractivity contribution in [2.75, 3.05) is 19.8 Å². The summed E-state index contributed by atoms with van der Waals surface area (Å²) in [6.07, 6.45) is 1.96. The fourth-order valence-corrected chi connectivity index (χ4v) is 3.38. The molecule has 0 saturated carbocycles. The van der Waals surface area contributed by atoms with Crippen LogP contribution in [-0.4, -0.2) is 39.6 Å². The zero-order chi connectivity index (χ0) is 16.5. The van der Waals surface area contributed by atoms with Gasteiger partial charge < -0.3 is 14.7 Å². The number of aromatic nitrogens is 3. The number of benzene rings is 1. The average Bonchev–Trinajstić information content (AvgIpc) is 3.04. The van der Waals surface area contributed by atoms with Crippen molar-refractivity contribution in [1.29, 1.82) is 0 Å². The summed E-state index contributed by atoms with van der Waals surface area (Å²) in [5.41, 5.74) is 3.07. The van der Waals surface area contributed by atoms with Crippen molar-refractivity contribution in [1.82, 2.24) is 19.9 Å². The fourth-order valence-electron chi connectivity index (χ4n) is 3.38. The number of morpholine rings is 1. The van der Waals surface area contributed by atoms with Gasteiger partial charge in [-0.3, -0.25) is 9.69 Å². The number of rotatable bonds is 3. The van der Waals surface area contributed by atoms with E-state index < -0.39 is 0 Å². The van der Waals surface area contributed by atoms with Crippen molar-refractivity contribution in [2.24, 2.45) is 0 Å². The first-order chi connectivity index (χ1) is 11.7. The molecule has 0 radical (unpaired) electrons. The van der Waals surface area contributed by atoms with E-state index in [-0.39, 0.29) is 11.6 Å². The van der Waals surface area contributed by atoms with Crippen LogP contribution in [0.5, 0.6) is 0 Å². The third kappa shape index (κ3) is 2.86. The molecule has 1 aliphatic rings. The monoisotopic (exact) mass is 324 g/mol. The highest BCUT2D eigenvalue weighted by atomic mass is 16.5. The molecule has 1 saturated heterocycles. The minimum absolute atomic E-state index is 0.00560. The van der Waals surface area contributed by atoms with Gasteiger partial charge in [-0.2, -0.15) is 0 Å². The summed E-state index contributed by atoms with van der Waals surface area (Å²) in [4.78, 5) is 24.6. The van der Waals surface area contributed by atoms with E-state index in [0.29, 0.717) is 19.0 Å². The van der Waals surface area contributed by atoms with Gasteiger partial charge in [0.2, 0.25) is 0 Å². The molecule has 0 aliphatic carbocycles. The number of fused-ring (bicyclic) bond motifs is 1. The van der Waals surface area contributed by atoms with Gasteiger partial charge in [0.15, 0.2) is 0 Å². The Morgan fingerprint density at radius 1 is 1.38 bits per heavy atom. The third-order valence-corrected chi connectivity index (χ3v) is 4.52. The molecule has 6 nitrogen and oxygen atoms in total. The quantitative estimate of drug-likeness (QED) is 0.774. The topological polar surface area (TPSA) is 74.0 Å². The zero-order valence-corrected chi connectivity index (χ0v) is 13.6. The number of hydrogen-bond acceptors (Lipinski definition) is 4. The Morgan fingerprint density at radius 2 is 2.29 bits per heavy atom. The summed E-state index contributed by atoms with van der Waals surface area (Å²) in [5, 5.41) is 1.23. The Kier molecular flexibility index (Phi) is 3.92. The first kappa shape index (κ1) is 15.1.